The van der Waals surface area contributed by atoms with E-state index >= 15 is 0 Å². The molecule has 0 saturated heterocycles. The maximum Gasteiger partial charge on any atom is 0.349 e. The Balaban J connectivity index is 2.59. The van der Waals surface area contributed by atoms with Gasteiger partial charge in [0, 0.05) is 23.4 Å². The van der Waals surface area contributed by atoms with E-state index in [4.69, 9.17) is 9.05 Å². The minimum Gasteiger partial charge on any atom is -0.507 e. The van der Waals surface area contributed by atoms with E-state index in [1.165, 1.54) is 5.56 Å². The van der Waals surface area contributed by atoms with Crippen LogP contribution in [0.15, 0.2) is 42.5 Å². The summed E-state index contributed by atoms with van der Waals surface area (Å²) in [6.07, 6.45) is 0.940. The van der Waals surface area contributed by atoms with Crippen molar-refractivity contribution >= 4 is 13.3 Å². The lowest BCUT2D eigenvalue weighted by molar-refractivity contribution is 0.220. The van der Waals surface area contributed by atoms with Crippen LogP contribution in [-0.4, -0.2) is 31.2 Å². The number of hydrogen-bond donors (Lipinski definition) is 1. The van der Waals surface area contributed by atoms with Gasteiger partial charge in [0.2, 0.25) is 0 Å². The van der Waals surface area contributed by atoms with Gasteiger partial charge in [0.15, 0.2) is 0 Å². The van der Waals surface area contributed by atoms with E-state index in [1.807, 2.05) is 44.2 Å². The fourth-order valence-corrected chi connectivity index (χ4v) is 5.60. The van der Waals surface area contributed by atoms with Crippen LogP contribution in [0, 0.1) is 0 Å². The van der Waals surface area contributed by atoms with Gasteiger partial charge >= 0.3 is 7.60 Å². The first-order chi connectivity index (χ1) is 15.3. The molecule has 2 aromatic rings. The number of benzene rings is 2. The summed E-state index contributed by atoms with van der Waals surface area (Å²) < 4.78 is 24.8. The molecule has 0 aromatic heterocycles. The van der Waals surface area contributed by atoms with Crippen molar-refractivity contribution in [1.82, 2.24) is 0 Å². The number of phenolic OH excluding ortho intramolecular Hbond substituents is 1. The number of aromatic hydroxyl groups is 1. The van der Waals surface area contributed by atoms with Gasteiger partial charge in [-0.25, -0.2) is 0 Å². The van der Waals surface area contributed by atoms with Gasteiger partial charge in [0.05, 0.1) is 13.2 Å². The van der Waals surface area contributed by atoms with Gasteiger partial charge in [0.1, 0.15) is 12.0 Å². The predicted octanol–water partition coefficient (Wildman–Crippen LogP) is 7.26. The summed E-state index contributed by atoms with van der Waals surface area (Å²) in [7, 11) is -3.32. The average Bonchev–Trinajstić information content (AvgIpc) is 2.71. The number of anilines is 1. The molecule has 33 heavy (non-hydrogen) atoms. The Labute approximate surface area is 200 Å². The van der Waals surface area contributed by atoms with E-state index in [2.05, 4.69) is 58.6 Å². The molecule has 2 aromatic carbocycles. The molecule has 5 nitrogen and oxygen atoms in total. The lowest BCUT2D eigenvalue weighted by Crippen LogP contribution is -2.29. The molecule has 1 N–H and O–H groups in total. The van der Waals surface area contributed by atoms with E-state index in [0.717, 1.165) is 23.2 Å². The summed E-state index contributed by atoms with van der Waals surface area (Å²) in [6, 6.07) is 14.3. The van der Waals surface area contributed by atoms with E-state index < -0.39 is 7.60 Å². The maximum absolute atomic E-state index is 13.5. The zero-order valence-corrected chi connectivity index (χ0v) is 22.5. The van der Waals surface area contributed by atoms with Gasteiger partial charge in [-0.3, -0.25) is 4.57 Å². The third kappa shape index (κ3) is 7.60. The molecule has 0 bridgehead atoms. The van der Waals surface area contributed by atoms with Crippen LogP contribution in [0.3, 0.4) is 0 Å². The van der Waals surface area contributed by atoms with Crippen molar-refractivity contribution in [3.63, 3.8) is 0 Å². The number of phenols is 1. The molecule has 2 rings (SSSR count). The first kappa shape index (κ1) is 27.4. The minimum absolute atomic E-state index is 0.152. The SMILES string of the molecule is CCOP(=O)(CN(CCc1ccccc1)c1cc(C(C)(C)C)c(O)c(C(C)(C)C)c1)OCC. The molecule has 0 aliphatic rings. The molecule has 0 aliphatic carbocycles. The van der Waals surface area contributed by atoms with Gasteiger partial charge < -0.3 is 19.1 Å². The zero-order chi connectivity index (χ0) is 24.9. The van der Waals surface area contributed by atoms with Gasteiger partial charge in [-0.05, 0) is 48.8 Å². The molecule has 0 aliphatic heterocycles. The van der Waals surface area contributed by atoms with Crippen LogP contribution < -0.4 is 4.90 Å². The van der Waals surface area contributed by atoms with Crippen molar-refractivity contribution in [3.8, 4) is 5.75 Å². The number of nitrogens with zero attached hydrogens (tertiary/aromatic N) is 1. The van der Waals surface area contributed by atoms with Crippen LogP contribution >= 0.6 is 7.60 Å². The quantitative estimate of drug-likeness (QED) is 0.367. The second-order valence-corrected chi connectivity index (χ2v) is 12.5. The zero-order valence-electron chi connectivity index (χ0n) is 21.6. The second kappa shape index (κ2) is 11.1. The Hall–Kier alpha value is -1.81. The monoisotopic (exact) mass is 475 g/mol. The summed E-state index contributed by atoms with van der Waals surface area (Å²) in [6.45, 7) is 17.5. The molecular formula is C27H42NO4P. The molecular weight excluding hydrogens is 433 g/mol. The van der Waals surface area contributed by atoms with Crippen LogP contribution in [0.5, 0.6) is 5.75 Å². The molecule has 184 valence electrons. The summed E-state index contributed by atoms with van der Waals surface area (Å²) in [4.78, 5) is 2.09. The van der Waals surface area contributed by atoms with Crippen molar-refractivity contribution in [2.45, 2.75) is 72.6 Å². The highest BCUT2D eigenvalue weighted by Crippen LogP contribution is 2.50. The molecule has 0 unspecified atom stereocenters. The molecule has 0 heterocycles. The smallest absolute Gasteiger partial charge is 0.349 e. The summed E-state index contributed by atoms with van der Waals surface area (Å²) in [5.74, 6) is 0.333. The van der Waals surface area contributed by atoms with Crippen LogP contribution in [0.25, 0.3) is 0 Å². The molecule has 0 saturated carbocycles. The minimum atomic E-state index is -3.32. The van der Waals surface area contributed by atoms with E-state index in [9.17, 15) is 9.67 Å². The summed E-state index contributed by atoms with van der Waals surface area (Å²) in [5, 5.41) is 11.2. The van der Waals surface area contributed by atoms with E-state index in [0.29, 0.717) is 25.5 Å². The van der Waals surface area contributed by atoms with Gasteiger partial charge in [-0.1, -0.05) is 71.9 Å². The summed E-state index contributed by atoms with van der Waals surface area (Å²) in [5.41, 5.74) is 3.35. The Morgan fingerprint density at radius 2 is 1.36 bits per heavy atom. The molecule has 0 fully saturated rings. The van der Waals surface area contributed by atoms with Crippen LogP contribution in [-0.2, 0) is 30.9 Å². The topological polar surface area (TPSA) is 59.0 Å². The first-order valence-electron chi connectivity index (χ1n) is 11.9. The van der Waals surface area contributed by atoms with Crippen LogP contribution in [0.4, 0.5) is 5.69 Å². The molecule has 6 heteroatoms. The Morgan fingerprint density at radius 3 is 1.79 bits per heavy atom. The average molecular weight is 476 g/mol. The van der Waals surface area contributed by atoms with Crippen molar-refractivity contribution in [2.24, 2.45) is 0 Å². The standard InChI is InChI=1S/C27H42NO4P/c1-9-31-33(30,32-10-2)20-28(17-16-21-14-12-11-13-15-21)22-18-23(26(3,4)5)25(29)24(19-22)27(6,7)8/h11-15,18-19,29H,9-10,16-17,20H2,1-8H3. The van der Waals surface area contributed by atoms with Crippen molar-refractivity contribution in [2.75, 3.05) is 30.9 Å². The third-order valence-corrected chi connectivity index (χ3v) is 7.58. The lowest BCUT2D eigenvalue weighted by atomic mass is 9.79. The fraction of sp³-hybridized carbons (Fsp3) is 0.556. The van der Waals surface area contributed by atoms with Gasteiger partial charge in [-0.15, -0.1) is 0 Å². The van der Waals surface area contributed by atoms with Crippen molar-refractivity contribution < 1.29 is 18.7 Å². The highest BCUT2D eigenvalue weighted by atomic mass is 31.2. The Morgan fingerprint density at radius 1 is 0.879 bits per heavy atom. The number of rotatable bonds is 10. The molecule has 0 spiro atoms. The third-order valence-electron chi connectivity index (χ3n) is 5.58. The van der Waals surface area contributed by atoms with Crippen molar-refractivity contribution in [3.05, 3.63) is 59.2 Å². The molecule has 0 radical (unpaired) electrons. The van der Waals surface area contributed by atoms with Crippen LogP contribution in [0.1, 0.15) is 72.1 Å². The van der Waals surface area contributed by atoms with E-state index in [1.54, 1.807) is 0 Å². The molecule has 0 amide bonds. The highest BCUT2D eigenvalue weighted by Gasteiger charge is 2.31. The normalized spacial score (nSPS) is 12.7. The van der Waals surface area contributed by atoms with Gasteiger partial charge in [0.25, 0.3) is 0 Å². The predicted molar refractivity (Wildman–Crippen MR) is 139 cm³/mol. The highest BCUT2D eigenvalue weighted by molar-refractivity contribution is 7.53. The first-order valence-corrected chi connectivity index (χ1v) is 13.6. The number of hydrogen-bond acceptors (Lipinski definition) is 5. The maximum atomic E-state index is 13.5. The fourth-order valence-electron chi connectivity index (χ4n) is 3.86. The Bertz CT molecular complexity index is 900. The largest absolute Gasteiger partial charge is 0.507 e. The van der Waals surface area contributed by atoms with E-state index in [-0.39, 0.29) is 17.1 Å². The Kier molecular flexibility index (Phi) is 9.21. The van der Waals surface area contributed by atoms with Crippen LogP contribution in [0.2, 0.25) is 0 Å². The lowest BCUT2D eigenvalue weighted by Gasteiger charge is -2.33. The van der Waals surface area contributed by atoms with Gasteiger partial charge in [-0.2, -0.15) is 0 Å². The molecule has 0 atom stereocenters. The summed E-state index contributed by atoms with van der Waals surface area (Å²) >= 11 is 0. The van der Waals surface area contributed by atoms with Crippen molar-refractivity contribution in [1.29, 1.82) is 0 Å². The second-order valence-electron chi connectivity index (χ2n) is 10.5.